The number of aromatic nitrogens is 2. The number of rotatable bonds is 5. The molecule has 0 bridgehead atoms. The van der Waals surface area contributed by atoms with Crippen molar-refractivity contribution >= 4 is 5.97 Å². The van der Waals surface area contributed by atoms with Crippen LogP contribution in [0.5, 0.6) is 5.75 Å². The molecule has 1 N–H and O–H groups in total. The van der Waals surface area contributed by atoms with Gasteiger partial charge in [-0.3, -0.25) is 4.68 Å². The highest BCUT2D eigenvalue weighted by Crippen LogP contribution is 2.30. The third kappa shape index (κ3) is 2.48. The molecule has 0 spiro atoms. The minimum atomic E-state index is -0.972. The minimum Gasteiger partial charge on any atom is -0.479 e. The van der Waals surface area contributed by atoms with Crippen LogP contribution in [0.3, 0.4) is 0 Å². The summed E-state index contributed by atoms with van der Waals surface area (Å²) in [6, 6.07) is 0. The van der Waals surface area contributed by atoms with Gasteiger partial charge in [0.2, 0.25) is 0 Å². The highest BCUT2D eigenvalue weighted by atomic mass is 16.5. The number of aliphatic carboxylic acids is 1. The van der Waals surface area contributed by atoms with E-state index in [-0.39, 0.29) is 6.61 Å². The van der Waals surface area contributed by atoms with Gasteiger partial charge in [-0.15, -0.1) is 0 Å². The summed E-state index contributed by atoms with van der Waals surface area (Å²) in [6.45, 7) is 0.603. The van der Waals surface area contributed by atoms with Gasteiger partial charge in [-0.25, -0.2) is 4.79 Å². The molecular formula is C9H12N2O3. The van der Waals surface area contributed by atoms with E-state index in [1.807, 2.05) is 0 Å². The van der Waals surface area contributed by atoms with Gasteiger partial charge in [0, 0.05) is 6.54 Å². The maximum Gasteiger partial charge on any atom is 0.341 e. The highest BCUT2D eigenvalue weighted by Gasteiger charge is 2.22. The van der Waals surface area contributed by atoms with Gasteiger partial charge in [-0.1, -0.05) is 0 Å². The first-order valence-electron chi connectivity index (χ1n) is 4.61. The van der Waals surface area contributed by atoms with Gasteiger partial charge in [0.25, 0.3) is 0 Å². The molecule has 76 valence electrons. The zero-order valence-corrected chi connectivity index (χ0v) is 7.72. The van der Waals surface area contributed by atoms with E-state index in [1.54, 1.807) is 17.1 Å². The molecule has 1 aliphatic carbocycles. The molecule has 1 aliphatic rings. The lowest BCUT2D eigenvalue weighted by Gasteiger charge is -1.98. The zero-order valence-electron chi connectivity index (χ0n) is 7.72. The molecule has 2 rings (SSSR count). The summed E-state index contributed by atoms with van der Waals surface area (Å²) in [5, 5.41) is 12.5. The molecule has 0 aliphatic heterocycles. The van der Waals surface area contributed by atoms with Crippen molar-refractivity contribution < 1.29 is 14.6 Å². The van der Waals surface area contributed by atoms with Crippen LogP contribution in [0, 0.1) is 5.92 Å². The lowest BCUT2D eigenvalue weighted by atomic mass is 10.4. The Bertz CT molecular complexity index is 331. The van der Waals surface area contributed by atoms with Gasteiger partial charge >= 0.3 is 5.97 Å². The first-order valence-corrected chi connectivity index (χ1v) is 4.61. The molecule has 1 aromatic heterocycles. The van der Waals surface area contributed by atoms with Crippen molar-refractivity contribution in [2.75, 3.05) is 6.61 Å². The Morgan fingerprint density at radius 1 is 1.71 bits per heavy atom. The van der Waals surface area contributed by atoms with Crippen LogP contribution in [0.25, 0.3) is 0 Å². The van der Waals surface area contributed by atoms with Crippen LogP contribution in [0.1, 0.15) is 12.8 Å². The number of carboxylic acid groups (broad SMARTS) is 1. The molecule has 0 atom stereocenters. The molecule has 0 radical (unpaired) electrons. The van der Waals surface area contributed by atoms with Crippen molar-refractivity contribution in [1.82, 2.24) is 9.78 Å². The van der Waals surface area contributed by atoms with Crippen LogP contribution < -0.4 is 4.74 Å². The van der Waals surface area contributed by atoms with Crippen LogP contribution in [0.4, 0.5) is 0 Å². The van der Waals surface area contributed by atoms with Crippen LogP contribution in [0.2, 0.25) is 0 Å². The van der Waals surface area contributed by atoms with Crippen LogP contribution in [-0.4, -0.2) is 27.5 Å². The summed E-state index contributed by atoms with van der Waals surface area (Å²) in [5.74, 6) is 0.301. The van der Waals surface area contributed by atoms with E-state index in [2.05, 4.69) is 5.10 Å². The molecule has 14 heavy (non-hydrogen) atoms. The summed E-state index contributed by atoms with van der Waals surface area (Å²) in [7, 11) is 0. The first kappa shape index (κ1) is 9.05. The summed E-state index contributed by atoms with van der Waals surface area (Å²) in [6.07, 6.45) is 5.82. The number of ether oxygens (including phenoxy) is 1. The van der Waals surface area contributed by atoms with Crippen LogP contribution in [-0.2, 0) is 11.3 Å². The second-order valence-electron chi connectivity index (χ2n) is 3.52. The fourth-order valence-electron chi connectivity index (χ4n) is 1.23. The maximum atomic E-state index is 10.2. The molecule has 1 heterocycles. The average Bonchev–Trinajstić information content (AvgIpc) is 2.81. The lowest BCUT2D eigenvalue weighted by molar-refractivity contribution is -0.139. The van der Waals surface area contributed by atoms with Gasteiger partial charge in [0.05, 0.1) is 12.4 Å². The molecule has 0 unspecified atom stereocenters. The van der Waals surface area contributed by atoms with Crippen molar-refractivity contribution in [3.8, 4) is 5.75 Å². The van der Waals surface area contributed by atoms with E-state index in [4.69, 9.17) is 9.84 Å². The Hall–Kier alpha value is -1.52. The van der Waals surface area contributed by atoms with E-state index in [1.165, 1.54) is 12.8 Å². The zero-order chi connectivity index (χ0) is 9.97. The molecule has 5 heteroatoms. The Morgan fingerprint density at radius 2 is 2.50 bits per heavy atom. The number of hydrogen-bond donors (Lipinski definition) is 1. The topological polar surface area (TPSA) is 64.3 Å². The minimum absolute atomic E-state index is 0.310. The van der Waals surface area contributed by atoms with Crippen molar-refractivity contribution in [2.24, 2.45) is 5.92 Å². The summed E-state index contributed by atoms with van der Waals surface area (Å²) in [4.78, 5) is 10.2. The van der Waals surface area contributed by atoms with E-state index in [0.717, 1.165) is 12.5 Å². The van der Waals surface area contributed by atoms with Gasteiger partial charge < -0.3 is 9.84 Å². The molecule has 1 fully saturated rings. The third-order valence-electron chi connectivity index (χ3n) is 2.11. The first-order chi connectivity index (χ1) is 6.74. The molecule has 1 saturated carbocycles. The number of carboxylic acids is 1. The average molecular weight is 196 g/mol. The summed E-state index contributed by atoms with van der Waals surface area (Å²) in [5.41, 5.74) is 0. The van der Waals surface area contributed by atoms with Gasteiger partial charge in [0.1, 0.15) is 0 Å². The standard InChI is InChI=1S/C9H12N2O3/c12-9(13)6-14-8-3-10-11(5-8)4-7-1-2-7/h3,5,7H,1-2,4,6H2,(H,12,13). The molecule has 0 amide bonds. The highest BCUT2D eigenvalue weighted by molar-refractivity contribution is 5.68. The summed E-state index contributed by atoms with van der Waals surface area (Å²) >= 11 is 0. The molecule has 1 aromatic rings. The second-order valence-corrected chi connectivity index (χ2v) is 3.52. The fraction of sp³-hybridized carbons (Fsp3) is 0.556. The lowest BCUT2D eigenvalue weighted by Crippen LogP contribution is -2.08. The number of nitrogens with zero attached hydrogens (tertiary/aromatic N) is 2. The Morgan fingerprint density at radius 3 is 3.14 bits per heavy atom. The van der Waals surface area contributed by atoms with E-state index < -0.39 is 5.97 Å². The smallest absolute Gasteiger partial charge is 0.341 e. The van der Waals surface area contributed by atoms with Crippen molar-refractivity contribution in [2.45, 2.75) is 19.4 Å². The van der Waals surface area contributed by atoms with Gasteiger partial charge in [-0.2, -0.15) is 5.10 Å². The molecule has 5 nitrogen and oxygen atoms in total. The van der Waals surface area contributed by atoms with Crippen LogP contribution in [0.15, 0.2) is 12.4 Å². The molecular weight excluding hydrogens is 184 g/mol. The largest absolute Gasteiger partial charge is 0.479 e. The molecule has 0 saturated heterocycles. The van der Waals surface area contributed by atoms with Crippen LogP contribution >= 0.6 is 0 Å². The SMILES string of the molecule is O=C(O)COc1cnn(CC2CC2)c1. The Balaban J connectivity index is 1.85. The number of hydrogen-bond acceptors (Lipinski definition) is 3. The van der Waals surface area contributed by atoms with Crippen molar-refractivity contribution in [3.05, 3.63) is 12.4 Å². The fourth-order valence-corrected chi connectivity index (χ4v) is 1.23. The predicted molar refractivity (Wildman–Crippen MR) is 48.1 cm³/mol. The van der Waals surface area contributed by atoms with Gasteiger partial charge in [-0.05, 0) is 18.8 Å². The predicted octanol–water partition coefficient (Wildman–Crippen LogP) is 0.756. The van der Waals surface area contributed by atoms with E-state index >= 15 is 0 Å². The third-order valence-corrected chi connectivity index (χ3v) is 2.11. The molecule has 0 aromatic carbocycles. The van der Waals surface area contributed by atoms with Crippen molar-refractivity contribution in [3.63, 3.8) is 0 Å². The Kier molecular flexibility index (Phi) is 2.39. The Labute approximate surface area is 81.3 Å². The summed E-state index contributed by atoms with van der Waals surface area (Å²) < 4.78 is 6.77. The number of carbonyl (C=O) groups is 1. The maximum absolute atomic E-state index is 10.2. The second kappa shape index (κ2) is 3.69. The van der Waals surface area contributed by atoms with E-state index in [0.29, 0.717) is 5.75 Å². The normalized spacial score (nSPS) is 15.4. The van der Waals surface area contributed by atoms with Crippen molar-refractivity contribution in [1.29, 1.82) is 0 Å². The van der Waals surface area contributed by atoms with E-state index in [9.17, 15) is 4.79 Å². The van der Waals surface area contributed by atoms with Gasteiger partial charge in [0.15, 0.2) is 12.4 Å². The quantitative estimate of drug-likeness (QED) is 0.755. The monoisotopic (exact) mass is 196 g/mol.